The number of rotatable bonds is 12. The average Bonchev–Trinajstić information content (AvgIpc) is 3.87. The van der Waals surface area contributed by atoms with Gasteiger partial charge in [-0.2, -0.15) is 5.10 Å². The number of nitrogens with zero attached hydrogens (tertiary/aromatic N) is 6. The van der Waals surface area contributed by atoms with Gasteiger partial charge < -0.3 is 19.5 Å². The minimum Gasteiger partial charge on any atom is -0.497 e. The quantitative estimate of drug-likeness (QED) is 0.135. The highest BCUT2D eigenvalue weighted by atomic mass is 79.9. The zero-order valence-corrected chi connectivity index (χ0v) is 35.2. The number of hydrogen-bond acceptors (Lipinski definition) is 8. The van der Waals surface area contributed by atoms with Crippen molar-refractivity contribution in [2.75, 3.05) is 23.6 Å². The number of fused-ring (bicyclic) bond motifs is 2. The molecule has 0 bridgehead atoms. The maximum Gasteiger partial charge on any atom is 0.264 e. The Bertz CT molecular complexity index is 2320. The summed E-state index contributed by atoms with van der Waals surface area (Å²) in [6.07, 6.45) is 3.61. The molecule has 1 fully saturated rings. The van der Waals surface area contributed by atoms with Crippen molar-refractivity contribution >= 4 is 58.1 Å². The third kappa shape index (κ3) is 7.15. The molecule has 3 aliphatic heterocycles. The molecule has 13 heteroatoms. The Morgan fingerprint density at radius 3 is 2.53 bits per heavy atom. The number of carbonyl (C=O) groups is 2. The van der Waals surface area contributed by atoms with Gasteiger partial charge in [0.2, 0.25) is 5.91 Å². The van der Waals surface area contributed by atoms with Crippen molar-refractivity contribution in [2.45, 2.75) is 76.0 Å². The van der Waals surface area contributed by atoms with Crippen LogP contribution in [0.1, 0.15) is 48.6 Å². The minimum absolute atomic E-state index is 0.00553. The van der Waals surface area contributed by atoms with E-state index < -0.39 is 13.7 Å². The summed E-state index contributed by atoms with van der Waals surface area (Å²) in [6, 6.07) is 32.1. The first-order valence-corrected chi connectivity index (χ1v) is 23.4. The molecule has 0 aliphatic carbocycles. The molecular formula is C44H47BrN6O5Si. The van der Waals surface area contributed by atoms with Crippen molar-refractivity contribution in [1.82, 2.24) is 15.0 Å². The van der Waals surface area contributed by atoms with Crippen LogP contribution >= 0.6 is 15.9 Å². The highest BCUT2D eigenvalue weighted by Gasteiger charge is 2.66. The predicted octanol–water partition coefficient (Wildman–Crippen LogP) is 6.97. The van der Waals surface area contributed by atoms with E-state index in [1.807, 2.05) is 101 Å². The van der Waals surface area contributed by atoms with Crippen LogP contribution < -0.4 is 19.8 Å². The number of carbonyl (C=O) groups excluding carboxylic acids is 2. The molecular weight excluding hydrogens is 801 g/mol. The van der Waals surface area contributed by atoms with E-state index in [1.54, 1.807) is 7.11 Å². The van der Waals surface area contributed by atoms with Crippen LogP contribution in [0.15, 0.2) is 113 Å². The summed E-state index contributed by atoms with van der Waals surface area (Å²) in [5.74, 6) is 0.461. The molecule has 57 heavy (non-hydrogen) atoms. The number of amides is 2. The Hall–Kier alpha value is -4.95. The number of ether oxygens (including phenoxy) is 2. The number of methoxy groups -OCH3 is 1. The molecule has 11 nitrogen and oxygen atoms in total. The molecule has 0 unspecified atom stereocenters. The average molecular weight is 848 g/mol. The Morgan fingerprint density at radius 2 is 1.77 bits per heavy atom. The lowest BCUT2D eigenvalue weighted by molar-refractivity contribution is -0.146. The van der Waals surface area contributed by atoms with Crippen LogP contribution in [0, 0.1) is 5.92 Å². The molecule has 4 atom stereocenters. The van der Waals surface area contributed by atoms with Crippen molar-refractivity contribution in [1.29, 1.82) is 0 Å². The van der Waals surface area contributed by atoms with Gasteiger partial charge in [-0.05, 0) is 65.6 Å². The third-order valence-corrected chi connectivity index (χ3v) is 16.9. The van der Waals surface area contributed by atoms with E-state index >= 15 is 4.79 Å². The number of benzene rings is 4. The highest BCUT2D eigenvalue weighted by Crippen LogP contribution is 2.60. The van der Waals surface area contributed by atoms with Crippen LogP contribution in [0.25, 0.3) is 0 Å². The zero-order valence-electron chi connectivity index (χ0n) is 32.6. The standard InChI is InChI=1S/C44H47BrN6O5Si/c1-29-42(57(3,4)36-16-14-35(55-2)15-17-36)40(21-23-49-28-33(22-24-52)46-48-49)56-44(29)37-26-32(45)13-19-39(37)50(43(44)54)27-30-9-8-12-34(25-30)51-41(53)20-18-38(47-51)31-10-6-5-7-11-31/h5-17,19,25-26,28-29,40,42,52H,18,20-24,27H2,1-4H3/t29-,40+,42-,44+/m1/s1. The number of aromatic nitrogens is 3. The second-order valence-electron chi connectivity index (χ2n) is 15.7. The van der Waals surface area contributed by atoms with E-state index in [-0.39, 0.29) is 42.5 Å². The fourth-order valence-corrected chi connectivity index (χ4v) is 13.6. The molecule has 1 N–H and O–H groups in total. The van der Waals surface area contributed by atoms with Gasteiger partial charge in [-0.25, -0.2) is 5.01 Å². The molecule has 0 radical (unpaired) electrons. The molecule has 4 heterocycles. The van der Waals surface area contributed by atoms with Crippen molar-refractivity contribution < 1.29 is 24.2 Å². The van der Waals surface area contributed by atoms with Crippen molar-refractivity contribution in [2.24, 2.45) is 11.0 Å². The first kappa shape index (κ1) is 38.9. The molecule has 5 aromatic rings. The van der Waals surface area contributed by atoms with Crippen molar-refractivity contribution in [3.05, 3.63) is 130 Å². The number of halogens is 1. The van der Waals surface area contributed by atoms with Crippen molar-refractivity contribution in [3.63, 3.8) is 0 Å². The predicted molar refractivity (Wildman–Crippen MR) is 226 cm³/mol. The zero-order chi connectivity index (χ0) is 39.9. The molecule has 1 aromatic heterocycles. The summed E-state index contributed by atoms with van der Waals surface area (Å²) in [5.41, 5.74) is 4.61. The molecule has 0 saturated carbocycles. The number of aliphatic hydroxyl groups excluding tert-OH is 1. The monoisotopic (exact) mass is 846 g/mol. The van der Waals surface area contributed by atoms with Gasteiger partial charge in [-0.15, -0.1) is 5.10 Å². The minimum atomic E-state index is -2.36. The molecule has 4 aromatic carbocycles. The van der Waals surface area contributed by atoms with Gasteiger partial charge >= 0.3 is 0 Å². The van der Waals surface area contributed by atoms with E-state index in [2.05, 4.69) is 58.4 Å². The van der Waals surface area contributed by atoms with E-state index in [1.165, 1.54) is 10.2 Å². The first-order chi connectivity index (χ1) is 27.5. The van der Waals surface area contributed by atoms with Crippen LogP contribution in [0.5, 0.6) is 5.75 Å². The van der Waals surface area contributed by atoms with Crippen LogP contribution in [0.3, 0.4) is 0 Å². The van der Waals surface area contributed by atoms with Crippen molar-refractivity contribution in [3.8, 4) is 5.75 Å². The normalized spacial score (nSPS) is 22.0. The van der Waals surface area contributed by atoms with Crippen LogP contribution in [-0.4, -0.2) is 65.5 Å². The van der Waals surface area contributed by atoms with E-state index in [0.717, 1.165) is 44.0 Å². The van der Waals surface area contributed by atoms with Gasteiger partial charge in [0.1, 0.15) is 5.75 Å². The van der Waals surface area contributed by atoms with Crippen LogP contribution in [0.2, 0.25) is 18.6 Å². The Balaban J connectivity index is 1.14. The number of anilines is 2. The lowest BCUT2D eigenvalue weighted by Crippen LogP contribution is -2.51. The maximum absolute atomic E-state index is 15.4. The fourth-order valence-electron chi connectivity index (χ4n) is 9.21. The van der Waals surface area contributed by atoms with Gasteiger partial charge in [0.25, 0.3) is 5.91 Å². The number of hydrogen-bond donors (Lipinski definition) is 1. The highest BCUT2D eigenvalue weighted by molar-refractivity contribution is 9.10. The summed E-state index contributed by atoms with van der Waals surface area (Å²) < 4.78 is 15.5. The number of aliphatic hydroxyl groups is 1. The Kier molecular flexibility index (Phi) is 10.8. The van der Waals surface area contributed by atoms with Gasteiger partial charge in [0.15, 0.2) is 5.60 Å². The van der Waals surface area contributed by atoms with E-state index in [0.29, 0.717) is 37.9 Å². The summed E-state index contributed by atoms with van der Waals surface area (Å²) >= 11 is 3.72. The van der Waals surface area contributed by atoms with Gasteiger partial charge in [-0.1, -0.05) is 101 Å². The van der Waals surface area contributed by atoms with E-state index in [9.17, 15) is 9.90 Å². The Labute approximate surface area is 342 Å². The maximum atomic E-state index is 15.4. The topological polar surface area (TPSA) is 122 Å². The third-order valence-electron chi connectivity index (χ3n) is 12.0. The molecule has 294 valence electrons. The van der Waals surface area contributed by atoms with Crippen LogP contribution in [0.4, 0.5) is 11.4 Å². The first-order valence-electron chi connectivity index (χ1n) is 19.5. The van der Waals surface area contributed by atoms with Gasteiger partial charge in [0, 0.05) is 54.6 Å². The summed E-state index contributed by atoms with van der Waals surface area (Å²) in [5, 5.41) is 25.6. The summed E-state index contributed by atoms with van der Waals surface area (Å²) in [6.45, 7) is 7.78. The molecule has 1 spiro atoms. The fraction of sp³-hybridized carbons (Fsp3) is 0.341. The number of hydrazone groups is 1. The Morgan fingerprint density at radius 1 is 0.982 bits per heavy atom. The van der Waals surface area contributed by atoms with Gasteiger partial charge in [-0.3, -0.25) is 14.3 Å². The molecule has 1 saturated heterocycles. The summed E-state index contributed by atoms with van der Waals surface area (Å²) in [7, 11) is -0.690. The second-order valence-corrected chi connectivity index (χ2v) is 21.3. The summed E-state index contributed by atoms with van der Waals surface area (Å²) in [4.78, 5) is 30.5. The van der Waals surface area contributed by atoms with Gasteiger partial charge in [0.05, 0.1) is 50.6 Å². The molecule has 2 amide bonds. The second kappa shape index (κ2) is 15.8. The largest absolute Gasteiger partial charge is 0.497 e. The van der Waals surface area contributed by atoms with E-state index in [4.69, 9.17) is 14.6 Å². The number of aryl methyl sites for hydroxylation is 1. The lowest BCUT2D eigenvalue weighted by atomic mass is 9.82. The van der Waals surface area contributed by atoms with Crippen LogP contribution in [-0.2, 0) is 39.4 Å². The smallest absolute Gasteiger partial charge is 0.264 e. The SMILES string of the molecule is COc1ccc([Si](C)(C)[C@H]2[C@H](CCn3cc(CCO)nn3)O[C@@]3(C(=O)N(Cc4cccc(N5N=C(c6ccccc6)CCC5=O)c4)c4ccc(Br)cc43)[C@@H]2C)cc1. The molecule has 8 rings (SSSR count). The lowest BCUT2D eigenvalue weighted by Gasteiger charge is -2.37. The molecule has 3 aliphatic rings.